The summed E-state index contributed by atoms with van der Waals surface area (Å²) in [7, 11) is 0. The zero-order valence-corrected chi connectivity index (χ0v) is 11.6. The summed E-state index contributed by atoms with van der Waals surface area (Å²) in [4.78, 5) is 26.1. The van der Waals surface area contributed by atoms with Crippen molar-refractivity contribution in [1.82, 2.24) is 9.55 Å². The summed E-state index contributed by atoms with van der Waals surface area (Å²) in [5.41, 5.74) is 1.28. The maximum atomic E-state index is 11.9. The molecule has 0 N–H and O–H groups in total. The molecular formula is C12H10BrN3O3. The molecule has 0 saturated carbocycles. The lowest BCUT2D eigenvalue weighted by molar-refractivity contribution is -0.384. The fourth-order valence-corrected chi connectivity index (χ4v) is 1.91. The molecule has 0 radical (unpaired) electrons. The monoisotopic (exact) mass is 323 g/mol. The second-order valence-electron chi connectivity index (χ2n) is 4.00. The molecule has 0 saturated heterocycles. The van der Waals surface area contributed by atoms with Crippen LogP contribution >= 0.6 is 15.9 Å². The van der Waals surface area contributed by atoms with E-state index in [0.717, 1.165) is 5.56 Å². The quantitative estimate of drug-likeness (QED) is 0.641. The lowest BCUT2D eigenvalue weighted by Gasteiger charge is -2.06. The topological polar surface area (TPSA) is 78.0 Å². The molecule has 6 nitrogen and oxygen atoms in total. The summed E-state index contributed by atoms with van der Waals surface area (Å²) in [6, 6.07) is 6.07. The molecule has 0 atom stereocenters. The van der Waals surface area contributed by atoms with Gasteiger partial charge in [-0.3, -0.25) is 19.5 Å². The van der Waals surface area contributed by atoms with Crippen LogP contribution in [0.25, 0.3) is 0 Å². The zero-order valence-electron chi connectivity index (χ0n) is 10.0. The molecule has 1 aromatic heterocycles. The largest absolute Gasteiger partial charge is 0.294 e. The van der Waals surface area contributed by atoms with Crippen molar-refractivity contribution in [3.63, 3.8) is 0 Å². The highest BCUT2D eigenvalue weighted by molar-refractivity contribution is 9.10. The normalized spacial score (nSPS) is 10.4. The van der Waals surface area contributed by atoms with E-state index >= 15 is 0 Å². The fourth-order valence-electron chi connectivity index (χ4n) is 1.58. The van der Waals surface area contributed by atoms with Gasteiger partial charge in [-0.2, -0.15) is 0 Å². The predicted octanol–water partition coefficient (Wildman–Crippen LogP) is 2.27. The third kappa shape index (κ3) is 2.87. The second-order valence-corrected chi connectivity index (χ2v) is 4.79. The molecule has 0 spiro atoms. The van der Waals surface area contributed by atoms with Crippen LogP contribution < -0.4 is 5.56 Å². The second kappa shape index (κ2) is 5.31. The van der Waals surface area contributed by atoms with Gasteiger partial charge in [0.2, 0.25) is 0 Å². The lowest BCUT2D eigenvalue weighted by atomic mass is 10.2. The summed E-state index contributed by atoms with van der Waals surface area (Å²) < 4.78 is 1.87. The predicted molar refractivity (Wildman–Crippen MR) is 73.1 cm³/mol. The van der Waals surface area contributed by atoms with Crippen molar-refractivity contribution < 1.29 is 4.92 Å². The number of nitro benzene ring substituents is 1. The van der Waals surface area contributed by atoms with Crippen molar-refractivity contribution in [3.05, 3.63) is 66.8 Å². The van der Waals surface area contributed by atoms with Crippen molar-refractivity contribution in [3.8, 4) is 0 Å². The van der Waals surface area contributed by atoms with E-state index in [1.165, 1.54) is 23.0 Å². The molecule has 0 bridgehead atoms. The number of nitro groups is 1. The van der Waals surface area contributed by atoms with Gasteiger partial charge in [-0.25, -0.2) is 4.98 Å². The van der Waals surface area contributed by atoms with Crippen molar-refractivity contribution in [1.29, 1.82) is 0 Å². The first-order chi connectivity index (χ1) is 8.99. The minimum absolute atomic E-state index is 0.0271. The van der Waals surface area contributed by atoms with Gasteiger partial charge in [0.05, 0.1) is 23.5 Å². The molecule has 2 rings (SSSR count). The summed E-state index contributed by atoms with van der Waals surface area (Å²) in [5.74, 6) is 0. The number of halogens is 1. The maximum Gasteiger partial charge on any atom is 0.269 e. The standard InChI is InChI=1S/C12H10BrN3O3/c1-8-11(13)12(17)15(7-14-8)6-9-2-4-10(5-3-9)16(18)19/h2-5,7H,6H2,1H3. The Labute approximate surface area is 117 Å². The maximum absolute atomic E-state index is 11.9. The molecule has 19 heavy (non-hydrogen) atoms. The van der Waals surface area contributed by atoms with Crippen LogP contribution in [-0.4, -0.2) is 14.5 Å². The Bertz CT molecular complexity index is 680. The van der Waals surface area contributed by atoms with E-state index in [0.29, 0.717) is 16.7 Å². The number of rotatable bonds is 3. The van der Waals surface area contributed by atoms with Gasteiger partial charge in [0.25, 0.3) is 11.2 Å². The van der Waals surface area contributed by atoms with Gasteiger partial charge in [0.15, 0.2) is 0 Å². The SMILES string of the molecule is Cc1ncn(Cc2ccc([N+](=O)[O-])cc2)c(=O)c1Br. The van der Waals surface area contributed by atoms with Crippen LogP contribution in [0.5, 0.6) is 0 Å². The number of aryl methyl sites for hydroxylation is 1. The smallest absolute Gasteiger partial charge is 0.269 e. The van der Waals surface area contributed by atoms with Crippen molar-refractivity contribution in [2.24, 2.45) is 0 Å². The lowest BCUT2D eigenvalue weighted by Crippen LogP contribution is -2.22. The first-order valence-corrected chi connectivity index (χ1v) is 6.23. The van der Waals surface area contributed by atoms with Crippen LogP contribution in [0.1, 0.15) is 11.3 Å². The molecule has 0 aliphatic carbocycles. The van der Waals surface area contributed by atoms with Crippen LogP contribution in [0.2, 0.25) is 0 Å². The molecule has 1 aromatic carbocycles. The minimum atomic E-state index is -0.458. The summed E-state index contributed by atoms with van der Waals surface area (Å²) in [6.45, 7) is 2.06. The van der Waals surface area contributed by atoms with Gasteiger partial charge in [-0.1, -0.05) is 12.1 Å². The first kappa shape index (κ1) is 13.4. The number of hydrogen-bond donors (Lipinski definition) is 0. The van der Waals surface area contributed by atoms with E-state index in [-0.39, 0.29) is 11.2 Å². The summed E-state index contributed by atoms with van der Waals surface area (Å²) >= 11 is 3.19. The molecule has 0 aliphatic heterocycles. The van der Waals surface area contributed by atoms with E-state index in [9.17, 15) is 14.9 Å². The van der Waals surface area contributed by atoms with E-state index in [4.69, 9.17) is 0 Å². The van der Waals surface area contributed by atoms with Crippen molar-refractivity contribution in [2.45, 2.75) is 13.5 Å². The number of nitrogens with zero attached hydrogens (tertiary/aromatic N) is 3. The Morgan fingerprint density at radius 2 is 2.00 bits per heavy atom. The third-order valence-electron chi connectivity index (χ3n) is 2.66. The van der Waals surface area contributed by atoms with Crippen molar-refractivity contribution >= 4 is 21.6 Å². The van der Waals surface area contributed by atoms with E-state index in [2.05, 4.69) is 20.9 Å². The number of non-ortho nitro benzene ring substituents is 1. The van der Waals surface area contributed by atoms with Gasteiger partial charge in [-0.15, -0.1) is 0 Å². The number of aromatic nitrogens is 2. The molecule has 0 fully saturated rings. The van der Waals surface area contributed by atoms with Gasteiger partial charge in [0.1, 0.15) is 4.47 Å². The van der Waals surface area contributed by atoms with Crippen LogP contribution in [0, 0.1) is 17.0 Å². The Hall–Kier alpha value is -2.02. The van der Waals surface area contributed by atoms with Crippen LogP contribution in [-0.2, 0) is 6.54 Å². The molecule has 98 valence electrons. The highest BCUT2D eigenvalue weighted by Gasteiger charge is 2.07. The summed E-state index contributed by atoms with van der Waals surface area (Å²) in [5, 5.41) is 10.5. The van der Waals surface area contributed by atoms with E-state index in [1.54, 1.807) is 19.1 Å². The molecule has 0 amide bonds. The molecule has 0 unspecified atom stereocenters. The molecule has 7 heteroatoms. The number of benzene rings is 1. The molecule has 0 aliphatic rings. The molecule has 2 aromatic rings. The third-order valence-corrected chi connectivity index (χ3v) is 3.57. The van der Waals surface area contributed by atoms with Crippen LogP contribution in [0.4, 0.5) is 5.69 Å². The molecular weight excluding hydrogens is 314 g/mol. The zero-order chi connectivity index (χ0) is 14.0. The van der Waals surface area contributed by atoms with Gasteiger partial charge in [-0.05, 0) is 28.4 Å². The molecule has 1 heterocycles. The van der Waals surface area contributed by atoms with Crippen LogP contribution in [0.3, 0.4) is 0 Å². The van der Waals surface area contributed by atoms with E-state index < -0.39 is 4.92 Å². The first-order valence-electron chi connectivity index (χ1n) is 5.44. The Morgan fingerprint density at radius 1 is 1.37 bits per heavy atom. The highest BCUT2D eigenvalue weighted by Crippen LogP contribution is 2.13. The average Bonchev–Trinajstić information content (AvgIpc) is 2.40. The van der Waals surface area contributed by atoms with Crippen molar-refractivity contribution in [2.75, 3.05) is 0 Å². The van der Waals surface area contributed by atoms with Gasteiger partial charge in [0, 0.05) is 12.1 Å². The Kier molecular flexibility index (Phi) is 3.75. The Morgan fingerprint density at radius 3 is 2.58 bits per heavy atom. The Balaban J connectivity index is 2.29. The van der Waals surface area contributed by atoms with Gasteiger partial charge < -0.3 is 0 Å². The number of hydrogen-bond acceptors (Lipinski definition) is 4. The average molecular weight is 324 g/mol. The minimum Gasteiger partial charge on any atom is -0.294 e. The van der Waals surface area contributed by atoms with E-state index in [1.807, 2.05) is 0 Å². The van der Waals surface area contributed by atoms with Gasteiger partial charge >= 0.3 is 0 Å². The van der Waals surface area contributed by atoms with Crippen LogP contribution in [0.15, 0.2) is 39.9 Å². The fraction of sp³-hybridized carbons (Fsp3) is 0.167. The highest BCUT2D eigenvalue weighted by atomic mass is 79.9. The summed E-state index contributed by atoms with van der Waals surface area (Å²) in [6.07, 6.45) is 1.46.